The molecule has 0 fully saturated rings. The molecule has 30 heavy (non-hydrogen) atoms. The second-order valence-corrected chi connectivity index (χ2v) is 7.75. The number of halogens is 3. The van der Waals surface area contributed by atoms with Crippen LogP contribution in [0.15, 0.2) is 46.2 Å². The average Bonchev–Trinajstić information content (AvgIpc) is 3.39. The van der Waals surface area contributed by atoms with Gasteiger partial charge in [0.05, 0.1) is 11.3 Å². The second kappa shape index (κ2) is 7.67. The normalized spacial score (nSPS) is 12.0. The van der Waals surface area contributed by atoms with Crippen molar-refractivity contribution in [3.8, 4) is 11.5 Å². The molecular formula is C20H17F3N4O2S. The number of Topliss-reactive ketones (excluding diaryl/α,β-unsaturated/α-hetero) is 1. The number of benzene rings is 1. The van der Waals surface area contributed by atoms with Gasteiger partial charge in [0.2, 0.25) is 0 Å². The number of aryl methyl sites for hydroxylation is 1. The molecule has 6 nitrogen and oxygen atoms in total. The summed E-state index contributed by atoms with van der Waals surface area (Å²) in [4.78, 5) is 15.7. The number of carbonyl (C=O) groups is 1. The van der Waals surface area contributed by atoms with E-state index >= 15 is 0 Å². The molecule has 156 valence electrons. The molecule has 3 heterocycles. The van der Waals surface area contributed by atoms with Crippen molar-refractivity contribution in [1.82, 2.24) is 19.7 Å². The average molecular weight is 434 g/mol. The summed E-state index contributed by atoms with van der Waals surface area (Å²) in [5.74, 6) is 0.00497. The quantitative estimate of drug-likeness (QED) is 0.335. The van der Waals surface area contributed by atoms with E-state index in [0.29, 0.717) is 17.3 Å². The van der Waals surface area contributed by atoms with E-state index in [4.69, 9.17) is 4.42 Å². The van der Waals surface area contributed by atoms with Crippen molar-refractivity contribution >= 4 is 28.4 Å². The van der Waals surface area contributed by atoms with Crippen LogP contribution in [0.2, 0.25) is 0 Å². The fraction of sp³-hybridized carbons (Fsp3) is 0.250. The molecule has 3 aromatic heterocycles. The minimum absolute atomic E-state index is 0.0220. The predicted octanol–water partition coefficient (Wildman–Crippen LogP) is 5.17. The Labute approximate surface area is 173 Å². The van der Waals surface area contributed by atoms with Crippen LogP contribution in [0.1, 0.15) is 21.7 Å². The summed E-state index contributed by atoms with van der Waals surface area (Å²) in [6, 6.07) is 9.15. The molecule has 4 rings (SSSR count). The molecule has 1 N–H and O–H groups in total. The van der Waals surface area contributed by atoms with E-state index in [1.807, 2.05) is 24.3 Å². The third-order valence-electron chi connectivity index (χ3n) is 4.76. The zero-order chi connectivity index (χ0) is 21.5. The maximum Gasteiger partial charge on any atom is 0.406 e. The second-order valence-electron chi connectivity index (χ2n) is 6.82. The zero-order valence-electron chi connectivity index (χ0n) is 16.1. The fourth-order valence-electron chi connectivity index (χ4n) is 3.34. The third-order valence-corrected chi connectivity index (χ3v) is 5.58. The molecule has 0 aliphatic heterocycles. The minimum Gasteiger partial charge on any atom is -0.411 e. The maximum atomic E-state index is 12.8. The molecule has 0 aliphatic carbocycles. The first-order valence-corrected chi connectivity index (χ1v) is 10.0. The van der Waals surface area contributed by atoms with Crippen LogP contribution in [-0.2, 0) is 6.54 Å². The number of carbonyl (C=O) groups excluding carboxylic acids is 1. The Kier molecular flexibility index (Phi) is 5.19. The van der Waals surface area contributed by atoms with E-state index < -0.39 is 12.7 Å². The highest BCUT2D eigenvalue weighted by Gasteiger charge is 2.30. The van der Waals surface area contributed by atoms with Gasteiger partial charge >= 0.3 is 6.18 Å². The number of H-pyrrole nitrogens is 1. The van der Waals surface area contributed by atoms with E-state index in [9.17, 15) is 18.0 Å². The van der Waals surface area contributed by atoms with Crippen molar-refractivity contribution in [2.75, 3.05) is 5.75 Å². The summed E-state index contributed by atoms with van der Waals surface area (Å²) in [5.41, 5.74) is 2.63. The van der Waals surface area contributed by atoms with Gasteiger partial charge in [-0.05, 0) is 26.0 Å². The molecule has 0 amide bonds. The van der Waals surface area contributed by atoms with Gasteiger partial charge in [-0.2, -0.15) is 13.2 Å². The molecule has 0 spiro atoms. The van der Waals surface area contributed by atoms with Crippen molar-refractivity contribution < 1.29 is 22.4 Å². The minimum atomic E-state index is -4.35. The summed E-state index contributed by atoms with van der Waals surface area (Å²) in [6.07, 6.45) is -2.58. The van der Waals surface area contributed by atoms with Crippen LogP contribution in [-0.4, -0.2) is 37.5 Å². The Bertz CT molecular complexity index is 1220. The van der Waals surface area contributed by atoms with Crippen molar-refractivity contribution in [2.45, 2.75) is 31.8 Å². The SMILES string of the molecule is Cc1cc(C(=O)CSc2nnc(-c3c[nH]c4ccccc34)o2)c(C)n1CC(F)(F)F. The van der Waals surface area contributed by atoms with Gasteiger partial charge in [-0.3, -0.25) is 4.79 Å². The van der Waals surface area contributed by atoms with E-state index in [1.54, 1.807) is 13.1 Å². The molecule has 0 radical (unpaired) electrons. The Hall–Kier alpha value is -3.01. The monoisotopic (exact) mass is 434 g/mol. The van der Waals surface area contributed by atoms with Crippen LogP contribution < -0.4 is 0 Å². The summed E-state index contributed by atoms with van der Waals surface area (Å²) in [5, 5.41) is 9.15. The van der Waals surface area contributed by atoms with Gasteiger partial charge in [0.25, 0.3) is 11.1 Å². The number of thioether (sulfide) groups is 1. The standard InChI is InChI=1S/C20H17F3N4O2S/c1-11-7-14(12(2)27(11)10-20(21,22)23)17(28)9-30-19-26-25-18(29-19)15-8-24-16-6-4-3-5-13(15)16/h3-8,24H,9-10H2,1-2H3. The van der Waals surface area contributed by atoms with Crippen LogP contribution in [0.3, 0.4) is 0 Å². The fourth-order valence-corrected chi connectivity index (χ4v) is 3.98. The van der Waals surface area contributed by atoms with E-state index in [2.05, 4.69) is 15.2 Å². The Morgan fingerprint density at radius 3 is 2.77 bits per heavy atom. The van der Waals surface area contributed by atoms with E-state index in [-0.39, 0.29) is 22.3 Å². The van der Waals surface area contributed by atoms with Crippen molar-refractivity contribution in [3.05, 3.63) is 53.5 Å². The molecule has 0 saturated carbocycles. The van der Waals surface area contributed by atoms with Gasteiger partial charge in [-0.25, -0.2) is 0 Å². The first kappa shape index (κ1) is 20.3. The summed E-state index contributed by atoms with van der Waals surface area (Å²) >= 11 is 1.05. The van der Waals surface area contributed by atoms with Crippen LogP contribution in [0, 0.1) is 13.8 Å². The number of nitrogens with one attached hydrogen (secondary N) is 1. The number of rotatable bonds is 6. The summed E-state index contributed by atoms with van der Waals surface area (Å²) < 4.78 is 45.0. The number of hydrogen-bond donors (Lipinski definition) is 1. The number of aromatic amines is 1. The maximum absolute atomic E-state index is 12.8. The van der Waals surface area contributed by atoms with Crippen LogP contribution in [0.4, 0.5) is 13.2 Å². The van der Waals surface area contributed by atoms with Gasteiger partial charge in [-0.1, -0.05) is 30.0 Å². The molecule has 0 atom stereocenters. The van der Waals surface area contributed by atoms with Crippen LogP contribution in [0.25, 0.3) is 22.4 Å². The molecule has 1 aromatic carbocycles. The number of hydrogen-bond acceptors (Lipinski definition) is 5. The highest BCUT2D eigenvalue weighted by molar-refractivity contribution is 7.99. The van der Waals surface area contributed by atoms with Crippen molar-refractivity contribution in [2.24, 2.45) is 0 Å². The molecular weight excluding hydrogens is 417 g/mol. The Morgan fingerprint density at radius 1 is 1.23 bits per heavy atom. The molecule has 0 bridgehead atoms. The number of nitrogens with zero attached hydrogens (tertiary/aromatic N) is 3. The highest BCUT2D eigenvalue weighted by Crippen LogP contribution is 2.30. The van der Waals surface area contributed by atoms with E-state index in [1.165, 1.54) is 13.0 Å². The molecule has 10 heteroatoms. The first-order chi connectivity index (χ1) is 14.2. The molecule has 0 aliphatic rings. The lowest BCUT2D eigenvalue weighted by atomic mass is 10.2. The smallest absolute Gasteiger partial charge is 0.406 e. The largest absolute Gasteiger partial charge is 0.411 e. The summed E-state index contributed by atoms with van der Waals surface area (Å²) in [6.45, 7) is 1.94. The summed E-state index contributed by atoms with van der Waals surface area (Å²) in [7, 11) is 0. The number of alkyl halides is 3. The van der Waals surface area contributed by atoms with Crippen LogP contribution in [0.5, 0.6) is 0 Å². The first-order valence-electron chi connectivity index (χ1n) is 9.02. The Balaban J connectivity index is 1.47. The van der Waals surface area contributed by atoms with Gasteiger partial charge < -0.3 is 14.0 Å². The van der Waals surface area contributed by atoms with Crippen molar-refractivity contribution in [1.29, 1.82) is 0 Å². The zero-order valence-corrected chi connectivity index (χ0v) is 16.9. The number of fused-ring (bicyclic) bond motifs is 1. The van der Waals surface area contributed by atoms with Gasteiger partial charge in [0.15, 0.2) is 5.78 Å². The molecule has 4 aromatic rings. The Morgan fingerprint density at radius 2 is 2.00 bits per heavy atom. The van der Waals surface area contributed by atoms with Gasteiger partial charge in [-0.15, -0.1) is 10.2 Å². The lowest BCUT2D eigenvalue weighted by Gasteiger charge is -2.12. The van der Waals surface area contributed by atoms with Gasteiger partial charge in [0, 0.05) is 34.1 Å². The van der Waals surface area contributed by atoms with E-state index in [0.717, 1.165) is 32.8 Å². The molecule has 0 unspecified atom stereocenters. The lowest BCUT2D eigenvalue weighted by Crippen LogP contribution is -2.19. The third kappa shape index (κ3) is 4.00. The number of aromatic nitrogens is 4. The van der Waals surface area contributed by atoms with Gasteiger partial charge in [0.1, 0.15) is 6.54 Å². The lowest BCUT2D eigenvalue weighted by molar-refractivity contribution is -0.141. The number of ketones is 1. The number of para-hydroxylation sites is 1. The van der Waals surface area contributed by atoms with Crippen LogP contribution >= 0.6 is 11.8 Å². The molecule has 0 saturated heterocycles. The topological polar surface area (TPSA) is 76.7 Å². The highest BCUT2D eigenvalue weighted by atomic mass is 32.2. The van der Waals surface area contributed by atoms with Crippen molar-refractivity contribution in [3.63, 3.8) is 0 Å². The predicted molar refractivity (Wildman–Crippen MR) is 107 cm³/mol.